The summed E-state index contributed by atoms with van der Waals surface area (Å²) in [5.41, 5.74) is 2.45. The first-order valence-electron chi connectivity index (χ1n) is 9.84. The highest BCUT2D eigenvalue weighted by molar-refractivity contribution is 6.35. The van der Waals surface area contributed by atoms with E-state index in [1.165, 1.54) is 6.07 Å². The van der Waals surface area contributed by atoms with Crippen LogP contribution in [0.4, 0.5) is 0 Å². The minimum absolute atomic E-state index is 0.0883. The van der Waals surface area contributed by atoms with Gasteiger partial charge >= 0.3 is 0 Å². The van der Waals surface area contributed by atoms with Crippen molar-refractivity contribution >= 4 is 28.4 Å². The smallest absolute Gasteiger partial charge is 0.251 e. The summed E-state index contributed by atoms with van der Waals surface area (Å²) in [6.07, 6.45) is 0.910. The van der Waals surface area contributed by atoms with Gasteiger partial charge in [0.25, 0.3) is 5.56 Å². The average Bonchev–Trinajstić information content (AvgIpc) is 3.04. The zero-order valence-electron chi connectivity index (χ0n) is 16.1. The fraction of sp³-hybridized carbons (Fsp3) is 0.381. The van der Waals surface area contributed by atoms with Crippen LogP contribution in [0, 0.1) is 5.92 Å². The summed E-state index contributed by atoms with van der Waals surface area (Å²) >= 11 is 6.38. The molecule has 29 heavy (non-hydrogen) atoms. The zero-order chi connectivity index (χ0) is 20.1. The minimum Gasteiger partial charge on any atom is -0.349 e. The number of fused-ring (bicyclic) bond motifs is 5. The molecule has 0 radical (unpaired) electrons. The van der Waals surface area contributed by atoms with E-state index >= 15 is 0 Å². The Balaban J connectivity index is 1.46. The number of piperidine rings is 1. The lowest BCUT2D eigenvalue weighted by Gasteiger charge is -2.42. The maximum atomic E-state index is 13.2. The summed E-state index contributed by atoms with van der Waals surface area (Å²) in [5.74, 6) is 0.202. The molecule has 1 amide bonds. The summed E-state index contributed by atoms with van der Waals surface area (Å²) in [4.78, 5) is 25.9. The molecule has 0 spiro atoms. The Morgan fingerprint density at radius 1 is 1.28 bits per heavy atom. The Labute approximate surface area is 172 Å². The van der Waals surface area contributed by atoms with Gasteiger partial charge in [0.05, 0.1) is 22.8 Å². The van der Waals surface area contributed by atoms with E-state index in [1.807, 2.05) is 31.3 Å². The van der Waals surface area contributed by atoms with Crippen molar-refractivity contribution in [3.63, 3.8) is 0 Å². The number of aryl methyl sites for hydroxylation is 1. The molecular formula is C21H22ClN5O2. The zero-order valence-corrected chi connectivity index (χ0v) is 16.8. The predicted octanol–water partition coefficient (Wildman–Crippen LogP) is 1.95. The Kier molecular flexibility index (Phi) is 4.44. The van der Waals surface area contributed by atoms with Gasteiger partial charge in [0.2, 0.25) is 5.91 Å². The van der Waals surface area contributed by atoms with Crippen LogP contribution in [0.2, 0.25) is 5.02 Å². The maximum Gasteiger partial charge on any atom is 0.251 e. The summed E-state index contributed by atoms with van der Waals surface area (Å²) < 4.78 is 3.46. The van der Waals surface area contributed by atoms with Crippen LogP contribution in [0.3, 0.4) is 0 Å². The van der Waals surface area contributed by atoms with Crippen molar-refractivity contribution in [2.75, 3.05) is 13.1 Å². The van der Waals surface area contributed by atoms with Gasteiger partial charge in [-0.1, -0.05) is 23.7 Å². The molecule has 3 atom stereocenters. The molecular weight excluding hydrogens is 390 g/mol. The van der Waals surface area contributed by atoms with E-state index in [1.54, 1.807) is 15.3 Å². The highest BCUT2D eigenvalue weighted by Gasteiger charge is 2.41. The number of amides is 1. The van der Waals surface area contributed by atoms with Gasteiger partial charge in [-0.25, -0.2) is 0 Å². The highest BCUT2D eigenvalue weighted by Crippen LogP contribution is 2.38. The minimum atomic E-state index is -0.520. The fourth-order valence-electron chi connectivity index (χ4n) is 4.88. The summed E-state index contributed by atoms with van der Waals surface area (Å²) in [7, 11) is 1.86. The van der Waals surface area contributed by atoms with Crippen LogP contribution in [0.5, 0.6) is 0 Å². The number of benzene rings is 1. The molecule has 4 heterocycles. The summed E-state index contributed by atoms with van der Waals surface area (Å²) in [6.45, 7) is 1.83. The molecule has 3 aromatic rings. The lowest BCUT2D eigenvalue weighted by molar-refractivity contribution is -0.127. The summed E-state index contributed by atoms with van der Waals surface area (Å²) in [5, 5.41) is 12.4. The number of halogens is 1. The van der Waals surface area contributed by atoms with Gasteiger partial charge in [0.15, 0.2) is 0 Å². The van der Waals surface area contributed by atoms with Crippen molar-refractivity contribution in [2.24, 2.45) is 13.0 Å². The van der Waals surface area contributed by atoms with Crippen LogP contribution in [0.25, 0.3) is 10.9 Å². The third-order valence-corrected chi connectivity index (χ3v) is 6.46. The number of nitrogens with one attached hydrogen (secondary N) is 2. The molecule has 1 fully saturated rings. The number of hydrogen-bond donors (Lipinski definition) is 2. The molecule has 0 saturated carbocycles. The van der Waals surface area contributed by atoms with E-state index in [-0.39, 0.29) is 29.8 Å². The Hall–Kier alpha value is -2.64. The standard InChI is InChI=1S/C21H22ClN5O2/c1-26-17-6-2-4-14(22)19(17)15(25-26)11-24-21(29)20-13-8-12(9-23-10-13)16-5-3-7-18(28)27(16)20/h2-7,12-13,20,23H,8-11H2,1H3,(H,24,29)/t12-,13+,20-/m1/s1. The van der Waals surface area contributed by atoms with Crippen molar-refractivity contribution in [1.82, 2.24) is 25.0 Å². The molecule has 1 aromatic carbocycles. The molecule has 2 aliphatic heterocycles. The Bertz CT molecular complexity index is 1170. The van der Waals surface area contributed by atoms with Gasteiger partial charge in [-0.2, -0.15) is 5.10 Å². The second-order valence-electron chi connectivity index (χ2n) is 7.88. The molecule has 5 rings (SSSR count). The average molecular weight is 412 g/mol. The van der Waals surface area contributed by atoms with Gasteiger partial charge in [0, 0.05) is 49.1 Å². The van der Waals surface area contributed by atoms with Crippen molar-refractivity contribution in [1.29, 1.82) is 0 Å². The van der Waals surface area contributed by atoms with Crippen molar-refractivity contribution in [2.45, 2.75) is 24.9 Å². The Morgan fingerprint density at radius 3 is 2.97 bits per heavy atom. The number of pyridine rings is 1. The second-order valence-corrected chi connectivity index (χ2v) is 8.28. The number of carbonyl (C=O) groups excluding carboxylic acids is 1. The van der Waals surface area contributed by atoms with Gasteiger partial charge in [-0.05, 0) is 24.6 Å². The van der Waals surface area contributed by atoms with Gasteiger partial charge in [-0.3, -0.25) is 18.8 Å². The lowest BCUT2D eigenvalue weighted by Crippen LogP contribution is -2.52. The van der Waals surface area contributed by atoms with Crippen LogP contribution >= 0.6 is 11.6 Å². The first-order chi connectivity index (χ1) is 14.0. The molecule has 2 bridgehead atoms. The van der Waals surface area contributed by atoms with E-state index < -0.39 is 6.04 Å². The van der Waals surface area contributed by atoms with Gasteiger partial charge < -0.3 is 10.6 Å². The normalized spacial score (nSPS) is 23.0. The SMILES string of the molecule is Cn1nc(CNC(=O)[C@H]2[C@@H]3CNC[C@@H](C3)c3cccc(=O)n32)c2c(Cl)cccc21. The topological polar surface area (TPSA) is 81.0 Å². The van der Waals surface area contributed by atoms with Crippen molar-refractivity contribution < 1.29 is 4.79 Å². The number of rotatable bonds is 3. The largest absolute Gasteiger partial charge is 0.349 e. The third-order valence-electron chi connectivity index (χ3n) is 6.15. The monoisotopic (exact) mass is 411 g/mol. The van der Waals surface area contributed by atoms with E-state index in [9.17, 15) is 9.59 Å². The maximum absolute atomic E-state index is 13.2. The van der Waals surface area contributed by atoms with E-state index in [2.05, 4.69) is 15.7 Å². The molecule has 1 saturated heterocycles. The van der Waals surface area contributed by atoms with Gasteiger partial charge in [0.1, 0.15) is 6.04 Å². The van der Waals surface area contributed by atoms with Crippen LogP contribution < -0.4 is 16.2 Å². The first kappa shape index (κ1) is 18.4. The van der Waals surface area contributed by atoms with E-state index in [0.717, 1.165) is 41.8 Å². The molecule has 150 valence electrons. The van der Waals surface area contributed by atoms with Crippen LogP contribution in [0.1, 0.15) is 29.8 Å². The molecule has 2 N–H and O–H groups in total. The van der Waals surface area contributed by atoms with E-state index in [4.69, 9.17) is 11.6 Å². The number of hydrogen-bond acceptors (Lipinski definition) is 4. The van der Waals surface area contributed by atoms with Crippen molar-refractivity contribution in [3.8, 4) is 0 Å². The molecule has 0 unspecified atom stereocenters. The lowest BCUT2D eigenvalue weighted by atomic mass is 9.79. The molecule has 0 aliphatic carbocycles. The Morgan fingerprint density at radius 2 is 2.10 bits per heavy atom. The van der Waals surface area contributed by atoms with Crippen molar-refractivity contribution in [3.05, 3.63) is 63.2 Å². The quantitative estimate of drug-likeness (QED) is 0.690. The molecule has 7 nitrogen and oxygen atoms in total. The number of aromatic nitrogens is 3. The highest BCUT2D eigenvalue weighted by atomic mass is 35.5. The third kappa shape index (κ3) is 2.96. The number of carbonyl (C=O) groups is 1. The predicted molar refractivity (Wildman–Crippen MR) is 111 cm³/mol. The summed E-state index contributed by atoms with van der Waals surface area (Å²) in [6, 6.07) is 10.4. The number of nitrogens with zero attached hydrogens (tertiary/aromatic N) is 3. The molecule has 8 heteroatoms. The molecule has 2 aliphatic rings. The van der Waals surface area contributed by atoms with E-state index in [0.29, 0.717) is 5.02 Å². The van der Waals surface area contributed by atoms with Crippen LogP contribution in [-0.2, 0) is 18.4 Å². The van der Waals surface area contributed by atoms with Gasteiger partial charge in [-0.15, -0.1) is 0 Å². The first-order valence-corrected chi connectivity index (χ1v) is 10.2. The second kappa shape index (κ2) is 7.00. The molecule has 2 aromatic heterocycles. The van der Waals surface area contributed by atoms with Crippen LogP contribution in [0.15, 0.2) is 41.2 Å². The van der Waals surface area contributed by atoms with Crippen LogP contribution in [-0.4, -0.2) is 33.3 Å². The fourth-order valence-corrected chi connectivity index (χ4v) is 5.16.